The average Bonchev–Trinajstić information content (AvgIpc) is 2.32. The summed E-state index contributed by atoms with van der Waals surface area (Å²) >= 11 is 14.7. The van der Waals surface area contributed by atoms with Crippen molar-refractivity contribution in [2.24, 2.45) is 0 Å². The highest BCUT2D eigenvalue weighted by Gasteiger charge is 2.17. The second kappa shape index (κ2) is 5.68. The largest absolute Gasteiger partial charge is 0.333 e. The van der Waals surface area contributed by atoms with E-state index < -0.39 is 4.92 Å². The molecule has 2 aromatic rings. The summed E-state index contributed by atoms with van der Waals surface area (Å²) in [6.45, 7) is 0. The molecule has 19 heavy (non-hydrogen) atoms. The van der Waals surface area contributed by atoms with Crippen LogP contribution in [-0.2, 0) is 0 Å². The Hall–Kier alpha value is -1.44. The lowest BCUT2D eigenvalue weighted by molar-refractivity contribution is -0.384. The van der Waals surface area contributed by atoms with Gasteiger partial charge in [-0.1, -0.05) is 11.6 Å². The fourth-order valence-electron chi connectivity index (χ4n) is 1.30. The van der Waals surface area contributed by atoms with E-state index in [4.69, 9.17) is 23.2 Å². The zero-order valence-electron chi connectivity index (χ0n) is 9.10. The number of nitrogens with zero attached hydrogens (tertiary/aromatic N) is 3. The predicted octanol–water partition coefficient (Wildman–Crippen LogP) is 4.20. The van der Waals surface area contributed by atoms with Gasteiger partial charge in [-0.05, 0) is 45.7 Å². The van der Waals surface area contributed by atoms with E-state index in [0.717, 1.165) is 6.20 Å². The number of nitro groups is 1. The van der Waals surface area contributed by atoms with Gasteiger partial charge in [0, 0.05) is 9.50 Å². The smallest absolute Gasteiger partial charge is 0.329 e. The van der Waals surface area contributed by atoms with Crippen molar-refractivity contribution in [3.63, 3.8) is 0 Å². The standard InChI is InChI=1S/C10H5BrCl2N4O2/c11-6-3-5(12)1-2-7(6)15-9-8(17(18)19)4-14-10(13)16-9/h1-4H,(H,14,15,16). The molecule has 98 valence electrons. The van der Waals surface area contributed by atoms with E-state index in [1.165, 1.54) is 0 Å². The molecule has 0 saturated heterocycles. The number of benzene rings is 1. The van der Waals surface area contributed by atoms with Gasteiger partial charge in [0.05, 0.1) is 10.6 Å². The Morgan fingerprint density at radius 1 is 1.37 bits per heavy atom. The average molecular weight is 364 g/mol. The minimum Gasteiger partial charge on any atom is -0.333 e. The molecule has 0 spiro atoms. The van der Waals surface area contributed by atoms with E-state index in [2.05, 4.69) is 31.2 Å². The van der Waals surface area contributed by atoms with Crippen LogP contribution >= 0.6 is 39.1 Å². The molecule has 0 atom stereocenters. The van der Waals surface area contributed by atoms with Crippen LogP contribution in [0.15, 0.2) is 28.9 Å². The quantitative estimate of drug-likeness (QED) is 0.502. The summed E-state index contributed by atoms with van der Waals surface area (Å²) in [4.78, 5) is 17.7. The third-order valence-corrected chi connectivity index (χ3v) is 3.19. The van der Waals surface area contributed by atoms with Gasteiger partial charge in [-0.15, -0.1) is 0 Å². The van der Waals surface area contributed by atoms with E-state index in [-0.39, 0.29) is 16.8 Å². The molecule has 9 heteroatoms. The highest BCUT2D eigenvalue weighted by Crippen LogP contribution is 2.31. The van der Waals surface area contributed by atoms with Gasteiger partial charge < -0.3 is 5.32 Å². The van der Waals surface area contributed by atoms with Crippen LogP contribution in [0.25, 0.3) is 0 Å². The fourth-order valence-corrected chi connectivity index (χ4v) is 2.21. The van der Waals surface area contributed by atoms with Gasteiger partial charge in [0.2, 0.25) is 11.1 Å². The van der Waals surface area contributed by atoms with Gasteiger partial charge in [-0.2, -0.15) is 4.98 Å². The van der Waals surface area contributed by atoms with Crippen molar-refractivity contribution in [3.8, 4) is 0 Å². The Bertz CT molecular complexity index is 653. The molecule has 1 heterocycles. The summed E-state index contributed by atoms with van der Waals surface area (Å²) in [5, 5.41) is 14.1. The SMILES string of the molecule is O=[N+]([O-])c1cnc(Cl)nc1Nc1ccc(Cl)cc1Br. The first-order valence-electron chi connectivity index (χ1n) is 4.86. The molecular weight excluding hydrogens is 359 g/mol. The minimum absolute atomic E-state index is 0.00743. The molecule has 2 rings (SSSR count). The molecule has 0 saturated carbocycles. The van der Waals surface area contributed by atoms with Gasteiger partial charge in [0.1, 0.15) is 6.20 Å². The van der Waals surface area contributed by atoms with Crippen molar-refractivity contribution in [1.82, 2.24) is 9.97 Å². The first-order chi connectivity index (χ1) is 8.97. The number of rotatable bonds is 3. The summed E-state index contributed by atoms with van der Waals surface area (Å²) in [6, 6.07) is 4.95. The van der Waals surface area contributed by atoms with Crippen LogP contribution in [0, 0.1) is 10.1 Å². The number of halogens is 3. The molecule has 0 aliphatic heterocycles. The zero-order chi connectivity index (χ0) is 14.0. The minimum atomic E-state index is -0.595. The lowest BCUT2D eigenvalue weighted by Crippen LogP contribution is -2.01. The maximum atomic E-state index is 10.9. The Balaban J connectivity index is 2.42. The molecule has 0 radical (unpaired) electrons. The van der Waals surface area contributed by atoms with Crippen molar-refractivity contribution >= 4 is 56.3 Å². The van der Waals surface area contributed by atoms with Crippen LogP contribution in [0.2, 0.25) is 10.3 Å². The van der Waals surface area contributed by atoms with Gasteiger partial charge in [0.15, 0.2) is 0 Å². The predicted molar refractivity (Wildman–Crippen MR) is 76.1 cm³/mol. The van der Waals surface area contributed by atoms with Crippen LogP contribution in [-0.4, -0.2) is 14.9 Å². The molecule has 6 nitrogen and oxygen atoms in total. The Morgan fingerprint density at radius 3 is 2.74 bits per heavy atom. The Morgan fingerprint density at radius 2 is 2.11 bits per heavy atom. The van der Waals surface area contributed by atoms with E-state index in [9.17, 15) is 10.1 Å². The highest BCUT2D eigenvalue weighted by molar-refractivity contribution is 9.10. The van der Waals surface area contributed by atoms with Crippen LogP contribution in [0.1, 0.15) is 0 Å². The van der Waals surface area contributed by atoms with Crippen LogP contribution < -0.4 is 5.32 Å². The van der Waals surface area contributed by atoms with Gasteiger partial charge >= 0.3 is 5.69 Å². The van der Waals surface area contributed by atoms with Crippen molar-refractivity contribution in [1.29, 1.82) is 0 Å². The zero-order valence-corrected chi connectivity index (χ0v) is 12.2. The summed E-state index contributed by atoms with van der Waals surface area (Å²) < 4.78 is 0.643. The van der Waals surface area contributed by atoms with Crippen LogP contribution in [0.3, 0.4) is 0 Å². The molecule has 0 bridgehead atoms. The Kier molecular flexibility index (Phi) is 4.18. The summed E-state index contributed by atoms with van der Waals surface area (Å²) in [5.74, 6) is 0.00743. The monoisotopic (exact) mass is 362 g/mol. The maximum absolute atomic E-state index is 10.9. The van der Waals surface area contributed by atoms with Crippen molar-refractivity contribution in [2.75, 3.05) is 5.32 Å². The van der Waals surface area contributed by atoms with E-state index in [1.54, 1.807) is 18.2 Å². The molecule has 0 amide bonds. The highest BCUT2D eigenvalue weighted by atomic mass is 79.9. The maximum Gasteiger partial charge on any atom is 0.329 e. The number of hydrogen-bond acceptors (Lipinski definition) is 5. The normalized spacial score (nSPS) is 10.3. The first-order valence-corrected chi connectivity index (χ1v) is 6.41. The first kappa shape index (κ1) is 14.0. The van der Waals surface area contributed by atoms with Crippen LogP contribution in [0.4, 0.5) is 17.2 Å². The molecule has 1 aromatic carbocycles. The number of nitrogens with one attached hydrogen (secondary N) is 1. The van der Waals surface area contributed by atoms with E-state index >= 15 is 0 Å². The van der Waals surface area contributed by atoms with Crippen LogP contribution in [0.5, 0.6) is 0 Å². The number of hydrogen-bond donors (Lipinski definition) is 1. The fraction of sp³-hybridized carbons (Fsp3) is 0. The van der Waals surface area contributed by atoms with Crippen molar-refractivity contribution in [2.45, 2.75) is 0 Å². The van der Waals surface area contributed by atoms with Gasteiger partial charge in [-0.25, -0.2) is 4.98 Å². The van der Waals surface area contributed by atoms with Gasteiger partial charge in [-0.3, -0.25) is 10.1 Å². The van der Waals surface area contributed by atoms with E-state index in [0.29, 0.717) is 15.2 Å². The molecule has 0 fully saturated rings. The second-order valence-corrected chi connectivity index (χ2v) is 5.01. The van der Waals surface area contributed by atoms with Crippen molar-refractivity contribution < 1.29 is 4.92 Å². The third kappa shape index (κ3) is 3.31. The molecule has 0 aliphatic rings. The van der Waals surface area contributed by atoms with E-state index in [1.807, 2.05) is 0 Å². The lowest BCUT2D eigenvalue weighted by Gasteiger charge is -2.08. The summed E-state index contributed by atoms with van der Waals surface area (Å²) in [7, 11) is 0. The molecule has 1 N–H and O–H groups in total. The molecule has 0 aliphatic carbocycles. The molecular formula is C10H5BrCl2N4O2. The summed E-state index contributed by atoms with van der Waals surface area (Å²) in [5.41, 5.74) is 0.300. The van der Waals surface area contributed by atoms with Crippen molar-refractivity contribution in [3.05, 3.63) is 49.3 Å². The summed E-state index contributed by atoms with van der Waals surface area (Å²) in [6.07, 6.45) is 1.04. The lowest BCUT2D eigenvalue weighted by atomic mass is 10.3. The number of anilines is 2. The Labute approximate surface area is 126 Å². The molecule has 1 aromatic heterocycles. The topological polar surface area (TPSA) is 81.0 Å². The van der Waals surface area contributed by atoms with Gasteiger partial charge in [0.25, 0.3) is 0 Å². The third-order valence-electron chi connectivity index (χ3n) is 2.12. The number of aromatic nitrogens is 2. The second-order valence-electron chi connectivity index (χ2n) is 3.38. The molecule has 0 unspecified atom stereocenters.